The first-order valence-electron chi connectivity index (χ1n) is 10.7. The highest BCUT2D eigenvalue weighted by molar-refractivity contribution is 5.73. The maximum absolute atomic E-state index is 10.6. The van der Waals surface area contributed by atoms with Gasteiger partial charge in [-0.1, -0.05) is 19.1 Å². The third kappa shape index (κ3) is 6.78. The molecule has 0 saturated carbocycles. The molecule has 0 aliphatic carbocycles. The van der Waals surface area contributed by atoms with Crippen molar-refractivity contribution in [3.8, 4) is 22.7 Å². The normalized spacial score (nSPS) is 11.7. The molecule has 0 aliphatic rings. The lowest BCUT2D eigenvalue weighted by Gasteiger charge is -2.17. The van der Waals surface area contributed by atoms with Crippen LogP contribution in [0, 0.1) is 0 Å². The molecule has 12 heteroatoms. The summed E-state index contributed by atoms with van der Waals surface area (Å²) in [6.07, 6.45) is 4.89. The van der Waals surface area contributed by atoms with Crippen molar-refractivity contribution in [1.82, 2.24) is 24.7 Å². The molecule has 0 radical (unpaired) electrons. The number of aromatic nitrogens is 5. The van der Waals surface area contributed by atoms with Gasteiger partial charge in [-0.3, -0.25) is 4.98 Å². The van der Waals surface area contributed by atoms with E-state index >= 15 is 0 Å². The molecule has 1 aromatic carbocycles. The van der Waals surface area contributed by atoms with Crippen LogP contribution in [-0.2, 0) is 4.79 Å². The van der Waals surface area contributed by atoms with E-state index in [9.17, 15) is 13.2 Å². The van der Waals surface area contributed by atoms with Crippen molar-refractivity contribution >= 4 is 11.9 Å². The van der Waals surface area contributed by atoms with Crippen molar-refractivity contribution in [2.75, 3.05) is 12.4 Å². The van der Waals surface area contributed by atoms with Crippen molar-refractivity contribution in [1.29, 1.82) is 0 Å². The Morgan fingerprint density at radius 1 is 1.14 bits per heavy atom. The zero-order valence-corrected chi connectivity index (χ0v) is 19.3. The second-order valence-corrected chi connectivity index (χ2v) is 7.30. The average Bonchev–Trinajstić information content (AvgIpc) is 3.38. The maximum Gasteiger partial charge on any atom is 0.490 e. The van der Waals surface area contributed by atoms with E-state index in [1.807, 2.05) is 48.7 Å². The van der Waals surface area contributed by atoms with Crippen LogP contribution < -0.4 is 10.1 Å². The number of hydrogen-bond donors (Lipinski definition) is 2. The smallest absolute Gasteiger partial charge is 0.490 e. The largest absolute Gasteiger partial charge is 0.494 e. The molecule has 1 unspecified atom stereocenters. The zero-order chi connectivity index (χ0) is 26.1. The van der Waals surface area contributed by atoms with Gasteiger partial charge in [0, 0.05) is 30.4 Å². The molecular formula is C24H23F3N6O3. The van der Waals surface area contributed by atoms with Gasteiger partial charge in [-0.05, 0) is 42.3 Å². The quantitative estimate of drug-likeness (QED) is 0.367. The number of para-hydroxylation sites is 2. The van der Waals surface area contributed by atoms with Crippen LogP contribution in [0.1, 0.15) is 24.9 Å². The fraction of sp³-hybridized carbons (Fsp3) is 0.208. The van der Waals surface area contributed by atoms with Gasteiger partial charge in [0.05, 0.1) is 25.0 Å². The minimum Gasteiger partial charge on any atom is -0.494 e. The van der Waals surface area contributed by atoms with Gasteiger partial charge in [-0.25, -0.2) is 19.4 Å². The molecular weight excluding hydrogens is 477 g/mol. The van der Waals surface area contributed by atoms with Crippen molar-refractivity contribution in [3.05, 3.63) is 79.0 Å². The number of hydrogen-bond acceptors (Lipinski definition) is 7. The molecule has 4 rings (SSSR count). The van der Waals surface area contributed by atoms with Crippen molar-refractivity contribution in [2.45, 2.75) is 25.6 Å². The molecule has 3 aromatic heterocycles. The lowest BCUT2D eigenvalue weighted by molar-refractivity contribution is -0.192. The summed E-state index contributed by atoms with van der Waals surface area (Å²) in [5.74, 6) is -1.42. The van der Waals surface area contributed by atoms with Gasteiger partial charge in [-0.15, -0.1) is 0 Å². The van der Waals surface area contributed by atoms with Crippen molar-refractivity contribution in [2.24, 2.45) is 0 Å². The zero-order valence-electron chi connectivity index (χ0n) is 19.3. The van der Waals surface area contributed by atoms with Crippen LogP contribution in [0.5, 0.6) is 5.75 Å². The van der Waals surface area contributed by atoms with E-state index in [4.69, 9.17) is 14.6 Å². The van der Waals surface area contributed by atoms with Gasteiger partial charge in [-0.2, -0.15) is 18.3 Å². The van der Waals surface area contributed by atoms with Crippen LogP contribution in [0.25, 0.3) is 16.9 Å². The predicted molar refractivity (Wildman–Crippen MR) is 126 cm³/mol. The number of aliphatic carboxylic acids is 1. The minimum atomic E-state index is -5.08. The Morgan fingerprint density at radius 2 is 1.83 bits per heavy atom. The molecule has 0 aliphatic heterocycles. The molecule has 0 amide bonds. The average molecular weight is 500 g/mol. The second-order valence-electron chi connectivity index (χ2n) is 7.30. The third-order valence-corrected chi connectivity index (χ3v) is 4.93. The standard InChI is InChI=1S/C22H22N6O.C2HF3O2/c1-3-18(16-8-11-23-12-9-16)26-22-24-13-10-19(27-22)17-14-25-28(15-17)20-6-4-5-7-21(20)29-2;3-2(4,5)1(6)7/h4-15,18H,3H2,1-2H3,(H,24,26,27);(H,6,7). The second kappa shape index (κ2) is 11.8. The molecule has 0 bridgehead atoms. The summed E-state index contributed by atoms with van der Waals surface area (Å²) in [6, 6.07) is 13.8. The summed E-state index contributed by atoms with van der Waals surface area (Å²) in [5, 5.41) is 15.0. The summed E-state index contributed by atoms with van der Waals surface area (Å²) in [4.78, 5) is 22.0. The number of halogens is 3. The van der Waals surface area contributed by atoms with Crippen molar-refractivity contribution < 1.29 is 27.8 Å². The molecule has 4 aromatic rings. The summed E-state index contributed by atoms with van der Waals surface area (Å²) >= 11 is 0. The van der Waals surface area contributed by atoms with E-state index in [1.54, 1.807) is 36.6 Å². The number of methoxy groups -OCH3 is 1. The number of anilines is 1. The Balaban J connectivity index is 0.000000454. The van der Waals surface area contributed by atoms with Crippen LogP contribution in [0.3, 0.4) is 0 Å². The molecule has 1 atom stereocenters. The molecule has 188 valence electrons. The van der Waals surface area contributed by atoms with Gasteiger partial charge < -0.3 is 15.2 Å². The highest BCUT2D eigenvalue weighted by atomic mass is 19.4. The van der Waals surface area contributed by atoms with E-state index in [0.29, 0.717) is 5.95 Å². The number of alkyl halides is 3. The molecule has 0 fully saturated rings. The Kier molecular flexibility index (Phi) is 8.55. The highest BCUT2D eigenvalue weighted by Crippen LogP contribution is 2.25. The number of carbonyl (C=O) groups is 1. The van der Waals surface area contributed by atoms with Gasteiger partial charge in [0.25, 0.3) is 0 Å². The Bertz CT molecular complexity index is 1280. The fourth-order valence-electron chi connectivity index (χ4n) is 3.17. The van der Waals surface area contributed by atoms with Gasteiger partial charge in [0.15, 0.2) is 0 Å². The van der Waals surface area contributed by atoms with Crippen molar-refractivity contribution in [3.63, 3.8) is 0 Å². The van der Waals surface area contributed by atoms with E-state index < -0.39 is 12.1 Å². The Morgan fingerprint density at radius 3 is 2.47 bits per heavy atom. The van der Waals surface area contributed by atoms with Crippen LogP contribution in [-0.4, -0.2) is 49.1 Å². The first-order valence-corrected chi connectivity index (χ1v) is 10.7. The van der Waals surface area contributed by atoms with E-state index in [1.165, 1.54) is 0 Å². The minimum absolute atomic E-state index is 0.115. The Labute approximate surface area is 204 Å². The molecule has 2 N–H and O–H groups in total. The molecule has 36 heavy (non-hydrogen) atoms. The summed E-state index contributed by atoms with van der Waals surface area (Å²) < 4.78 is 39.0. The summed E-state index contributed by atoms with van der Waals surface area (Å²) in [7, 11) is 1.65. The summed E-state index contributed by atoms with van der Waals surface area (Å²) in [6.45, 7) is 2.12. The predicted octanol–water partition coefficient (Wildman–Crippen LogP) is 4.93. The maximum atomic E-state index is 10.6. The van der Waals surface area contributed by atoms with E-state index in [2.05, 4.69) is 32.3 Å². The number of nitrogens with zero attached hydrogens (tertiary/aromatic N) is 5. The van der Waals surface area contributed by atoms with Crippen LogP contribution in [0.2, 0.25) is 0 Å². The van der Waals surface area contributed by atoms with Gasteiger partial charge in [0.1, 0.15) is 11.4 Å². The number of pyridine rings is 1. The number of carboxylic acid groups (broad SMARTS) is 1. The highest BCUT2D eigenvalue weighted by Gasteiger charge is 2.38. The number of ether oxygens (including phenoxy) is 1. The van der Waals surface area contributed by atoms with Gasteiger partial charge >= 0.3 is 12.1 Å². The van der Waals surface area contributed by atoms with E-state index in [0.717, 1.165) is 34.7 Å². The summed E-state index contributed by atoms with van der Waals surface area (Å²) in [5.41, 5.74) is 3.73. The first-order chi connectivity index (χ1) is 17.2. The molecule has 3 heterocycles. The fourth-order valence-corrected chi connectivity index (χ4v) is 3.17. The first kappa shape index (κ1) is 26.1. The molecule has 9 nitrogen and oxygen atoms in total. The molecule has 0 saturated heterocycles. The molecule has 0 spiro atoms. The van der Waals surface area contributed by atoms with Crippen LogP contribution in [0.4, 0.5) is 19.1 Å². The monoisotopic (exact) mass is 500 g/mol. The van der Waals surface area contributed by atoms with Crippen LogP contribution >= 0.6 is 0 Å². The third-order valence-electron chi connectivity index (χ3n) is 4.93. The lowest BCUT2D eigenvalue weighted by atomic mass is 10.1. The SMILES string of the molecule is CCC(Nc1nccc(-c2cnn(-c3ccccc3OC)c2)n1)c1ccncc1.O=C(O)C(F)(F)F. The van der Waals surface area contributed by atoms with Crippen LogP contribution in [0.15, 0.2) is 73.4 Å². The lowest BCUT2D eigenvalue weighted by Crippen LogP contribution is -2.21. The van der Waals surface area contributed by atoms with E-state index in [-0.39, 0.29) is 6.04 Å². The Hall–Kier alpha value is -4.48. The topological polar surface area (TPSA) is 115 Å². The number of rotatable bonds is 7. The number of carboxylic acids is 1. The van der Waals surface area contributed by atoms with Gasteiger partial charge in [0.2, 0.25) is 5.95 Å². The number of nitrogens with one attached hydrogen (secondary N) is 1. The number of benzene rings is 1.